The van der Waals surface area contributed by atoms with E-state index in [9.17, 15) is 9.18 Å². The Morgan fingerprint density at radius 1 is 1.56 bits per heavy atom. The molecule has 0 amide bonds. The zero-order valence-electron chi connectivity index (χ0n) is 8.61. The standard InChI is InChI=1S/C10H11FN2O3/c1-2-16-10(14)7-5-3-4-6(8(7)11)9(12)13-15/h3-5,15H,2H2,1H3,(H2,12,13). The monoisotopic (exact) mass is 226 g/mol. The van der Waals surface area contributed by atoms with Crippen molar-refractivity contribution < 1.29 is 19.1 Å². The molecule has 5 nitrogen and oxygen atoms in total. The molecule has 0 saturated carbocycles. The van der Waals surface area contributed by atoms with Gasteiger partial charge < -0.3 is 15.7 Å². The molecule has 1 rings (SSSR count). The maximum absolute atomic E-state index is 13.7. The normalized spacial score (nSPS) is 11.2. The average molecular weight is 226 g/mol. The summed E-state index contributed by atoms with van der Waals surface area (Å²) in [6.07, 6.45) is 0. The van der Waals surface area contributed by atoms with Gasteiger partial charge in [-0.1, -0.05) is 11.2 Å². The molecule has 0 unspecified atom stereocenters. The number of oxime groups is 1. The van der Waals surface area contributed by atoms with Gasteiger partial charge in [0.05, 0.1) is 17.7 Å². The number of amidine groups is 1. The van der Waals surface area contributed by atoms with Gasteiger partial charge in [0.15, 0.2) is 5.84 Å². The number of rotatable bonds is 3. The van der Waals surface area contributed by atoms with E-state index in [1.54, 1.807) is 6.92 Å². The number of nitrogens with zero attached hydrogens (tertiary/aromatic N) is 1. The van der Waals surface area contributed by atoms with Crippen LogP contribution in [-0.2, 0) is 4.74 Å². The van der Waals surface area contributed by atoms with E-state index >= 15 is 0 Å². The Morgan fingerprint density at radius 2 is 2.19 bits per heavy atom. The van der Waals surface area contributed by atoms with Gasteiger partial charge in [-0.3, -0.25) is 0 Å². The molecule has 0 aliphatic heterocycles. The minimum absolute atomic E-state index is 0.145. The van der Waals surface area contributed by atoms with Crippen molar-refractivity contribution in [2.24, 2.45) is 10.9 Å². The van der Waals surface area contributed by atoms with Crippen LogP contribution in [0, 0.1) is 5.82 Å². The van der Waals surface area contributed by atoms with Gasteiger partial charge in [0.2, 0.25) is 0 Å². The number of hydrogen-bond acceptors (Lipinski definition) is 4. The third-order valence-corrected chi connectivity index (χ3v) is 1.88. The molecule has 6 heteroatoms. The number of nitrogens with two attached hydrogens (primary N) is 1. The van der Waals surface area contributed by atoms with E-state index < -0.39 is 17.6 Å². The molecule has 0 fully saturated rings. The Labute approximate surface area is 91.3 Å². The van der Waals surface area contributed by atoms with Crippen molar-refractivity contribution in [3.8, 4) is 0 Å². The molecule has 1 aromatic rings. The number of benzene rings is 1. The van der Waals surface area contributed by atoms with Gasteiger partial charge in [0.25, 0.3) is 0 Å². The Bertz CT molecular complexity index is 432. The first-order valence-electron chi connectivity index (χ1n) is 4.55. The summed E-state index contributed by atoms with van der Waals surface area (Å²) in [4.78, 5) is 11.3. The van der Waals surface area contributed by atoms with Gasteiger partial charge in [-0.05, 0) is 19.1 Å². The van der Waals surface area contributed by atoms with Crippen molar-refractivity contribution in [1.82, 2.24) is 0 Å². The molecule has 0 bridgehead atoms. The van der Waals surface area contributed by atoms with Crippen LogP contribution in [0.15, 0.2) is 23.4 Å². The van der Waals surface area contributed by atoms with E-state index in [-0.39, 0.29) is 17.7 Å². The maximum atomic E-state index is 13.7. The van der Waals surface area contributed by atoms with Crippen LogP contribution in [0.2, 0.25) is 0 Å². The lowest BCUT2D eigenvalue weighted by molar-refractivity contribution is 0.0521. The first-order chi connectivity index (χ1) is 7.61. The van der Waals surface area contributed by atoms with Gasteiger partial charge in [-0.2, -0.15) is 0 Å². The molecular weight excluding hydrogens is 215 g/mol. The minimum Gasteiger partial charge on any atom is -0.462 e. The van der Waals surface area contributed by atoms with Crippen LogP contribution in [-0.4, -0.2) is 23.6 Å². The van der Waals surface area contributed by atoms with Crippen molar-refractivity contribution in [3.05, 3.63) is 35.1 Å². The molecule has 1 aromatic carbocycles. The maximum Gasteiger partial charge on any atom is 0.341 e. The smallest absolute Gasteiger partial charge is 0.341 e. The summed E-state index contributed by atoms with van der Waals surface area (Å²) in [5.41, 5.74) is 4.86. The lowest BCUT2D eigenvalue weighted by Crippen LogP contribution is -2.17. The summed E-state index contributed by atoms with van der Waals surface area (Å²) in [6, 6.07) is 3.98. The number of carbonyl (C=O) groups excluding carboxylic acids is 1. The topological polar surface area (TPSA) is 84.9 Å². The summed E-state index contributed by atoms with van der Waals surface area (Å²) < 4.78 is 18.4. The molecule has 0 aliphatic carbocycles. The third-order valence-electron chi connectivity index (χ3n) is 1.88. The van der Waals surface area contributed by atoms with E-state index in [1.165, 1.54) is 18.2 Å². The molecule has 0 saturated heterocycles. The van der Waals surface area contributed by atoms with Gasteiger partial charge in [0.1, 0.15) is 5.82 Å². The Balaban J connectivity index is 3.19. The van der Waals surface area contributed by atoms with Crippen molar-refractivity contribution in [2.45, 2.75) is 6.92 Å². The molecule has 0 heterocycles. The second kappa shape index (κ2) is 5.11. The van der Waals surface area contributed by atoms with Crippen molar-refractivity contribution in [2.75, 3.05) is 6.61 Å². The Kier molecular flexibility index (Phi) is 3.82. The molecular formula is C10H11FN2O3. The quantitative estimate of drug-likeness (QED) is 0.266. The number of hydrogen-bond donors (Lipinski definition) is 2. The Hall–Kier alpha value is -2.11. The van der Waals surface area contributed by atoms with E-state index in [4.69, 9.17) is 10.9 Å². The predicted octanol–water partition coefficient (Wildman–Crippen LogP) is 1.10. The fourth-order valence-electron chi connectivity index (χ4n) is 1.15. The summed E-state index contributed by atoms with van der Waals surface area (Å²) >= 11 is 0. The van der Waals surface area contributed by atoms with Crippen LogP contribution >= 0.6 is 0 Å². The highest BCUT2D eigenvalue weighted by Crippen LogP contribution is 2.13. The number of esters is 1. The fraction of sp³-hybridized carbons (Fsp3) is 0.200. The molecule has 0 aromatic heterocycles. The molecule has 3 N–H and O–H groups in total. The zero-order valence-corrected chi connectivity index (χ0v) is 8.61. The lowest BCUT2D eigenvalue weighted by Gasteiger charge is -2.06. The van der Waals surface area contributed by atoms with E-state index in [0.29, 0.717) is 0 Å². The van der Waals surface area contributed by atoms with Crippen molar-refractivity contribution in [1.29, 1.82) is 0 Å². The first-order valence-corrected chi connectivity index (χ1v) is 4.55. The van der Waals surface area contributed by atoms with E-state index in [0.717, 1.165) is 0 Å². The highest BCUT2D eigenvalue weighted by Gasteiger charge is 2.17. The Morgan fingerprint density at radius 3 is 2.75 bits per heavy atom. The van der Waals surface area contributed by atoms with Crippen LogP contribution in [0.4, 0.5) is 4.39 Å². The van der Waals surface area contributed by atoms with Gasteiger partial charge >= 0.3 is 5.97 Å². The highest BCUT2D eigenvalue weighted by atomic mass is 19.1. The van der Waals surface area contributed by atoms with Gasteiger partial charge in [-0.15, -0.1) is 0 Å². The summed E-state index contributed by atoms with van der Waals surface area (Å²) in [7, 11) is 0. The number of carbonyl (C=O) groups is 1. The van der Waals surface area contributed by atoms with Gasteiger partial charge in [0, 0.05) is 0 Å². The van der Waals surface area contributed by atoms with Crippen LogP contribution in [0.3, 0.4) is 0 Å². The average Bonchev–Trinajstić information content (AvgIpc) is 2.28. The van der Waals surface area contributed by atoms with Crippen molar-refractivity contribution >= 4 is 11.8 Å². The largest absolute Gasteiger partial charge is 0.462 e. The minimum atomic E-state index is -0.865. The fourth-order valence-corrected chi connectivity index (χ4v) is 1.15. The van der Waals surface area contributed by atoms with Crippen LogP contribution in [0.25, 0.3) is 0 Å². The third kappa shape index (κ3) is 2.28. The van der Waals surface area contributed by atoms with Crippen LogP contribution < -0.4 is 5.73 Å². The molecule has 0 aliphatic rings. The summed E-state index contributed by atoms with van der Waals surface area (Å²) in [5, 5.41) is 11.1. The first kappa shape index (κ1) is 12.0. The second-order valence-electron chi connectivity index (χ2n) is 2.87. The molecule has 0 atom stereocenters. The van der Waals surface area contributed by atoms with Crippen molar-refractivity contribution in [3.63, 3.8) is 0 Å². The highest BCUT2D eigenvalue weighted by molar-refractivity contribution is 6.00. The molecule has 86 valence electrons. The van der Waals surface area contributed by atoms with Gasteiger partial charge in [-0.25, -0.2) is 9.18 Å². The molecule has 0 spiro atoms. The number of ether oxygens (including phenoxy) is 1. The second-order valence-corrected chi connectivity index (χ2v) is 2.87. The van der Waals surface area contributed by atoms with E-state index in [2.05, 4.69) is 9.89 Å². The van der Waals surface area contributed by atoms with E-state index in [1.807, 2.05) is 0 Å². The lowest BCUT2D eigenvalue weighted by atomic mass is 10.1. The molecule has 0 radical (unpaired) electrons. The summed E-state index contributed by atoms with van der Waals surface area (Å²) in [6.45, 7) is 1.76. The van der Waals surface area contributed by atoms with Crippen LogP contribution in [0.1, 0.15) is 22.8 Å². The molecule has 16 heavy (non-hydrogen) atoms. The summed E-state index contributed by atoms with van der Waals surface area (Å²) in [5.74, 6) is -2.05. The predicted molar refractivity (Wildman–Crippen MR) is 54.9 cm³/mol. The number of halogens is 1. The van der Waals surface area contributed by atoms with Crippen LogP contribution in [0.5, 0.6) is 0 Å². The zero-order chi connectivity index (χ0) is 12.1. The SMILES string of the molecule is CCOC(=O)c1cccc(/C(N)=N/O)c1F.